The van der Waals surface area contributed by atoms with Gasteiger partial charge in [0.05, 0.1) is 0 Å². The molecule has 0 fully saturated rings. The third-order valence-electron chi connectivity index (χ3n) is 2.53. The van der Waals surface area contributed by atoms with E-state index < -0.39 is 5.79 Å². The molecule has 0 saturated heterocycles. The van der Waals surface area contributed by atoms with Crippen molar-refractivity contribution in [2.45, 2.75) is 12.2 Å². The van der Waals surface area contributed by atoms with Gasteiger partial charge >= 0.3 is 0 Å². The highest BCUT2D eigenvalue weighted by Gasteiger charge is 2.25. The topological polar surface area (TPSA) is 75.5 Å². The molecule has 17 heavy (non-hydrogen) atoms. The van der Waals surface area contributed by atoms with Crippen LogP contribution in [0.4, 0.5) is 0 Å². The molecular formula is C14H17NO2. The van der Waals surface area contributed by atoms with Gasteiger partial charge in [0, 0.05) is 12.0 Å². The Morgan fingerprint density at radius 2 is 1.24 bits per heavy atom. The zero-order valence-electron chi connectivity index (χ0n) is 9.58. The van der Waals surface area contributed by atoms with Crippen LogP contribution in [0.3, 0.4) is 0 Å². The van der Waals surface area contributed by atoms with E-state index in [4.69, 9.17) is 0 Å². The lowest BCUT2D eigenvalue weighted by atomic mass is 9.98. The smallest absolute Gasteiger partial charge is 0.193 e. The molecule has 2 aromatic rings. The van der Waals surface area contributed by atoms with E-state index in [1.807, 2.05) is 36.4 Å². The van der Waals surface area contributed by atoms with Gasteiger partial charge in [0.1, 0.15) is 0 Å². The third kappa shape index (κ3) is 3.39. The van der Waals surface area contributed by atoms with E-state index in [9.17, 15) is 10.2 Å². The van der Waals surface area contributed by atoms with E-state index >= 15 is 0 Å². The van der Waals surface area contributed by atoms with Crippen LogP contribution >= 0.6 is 0 Å². The van der Waals surface area contributed by atoms with Crippen LogP contribution in [0.15, 0.2) is 60.7 Å². The molecule has 0 radical (unpaired) electrons. The predicted octanol–water partition coefficient (Wildman–Crippen LogP) is 2.23. The summed E-state index contributed by atoms with van der Waals surface area (Å²) in [6.45, 7) is 0. The fourth-order valence-electron chi connectivity index (χ4n) is 1.69. The summed E-state index contributed by atoms with van der Waals surface area (Å²) in [6, 6.07) is 18.3. The van der Waals surface area contributed by atoms with Gasteiger partial charge in [0.15, 0.2) is 5.79 Å². The molecule has 0 heterocycles. The molecule has 0 aliphatic heterocycles. The van der Waals surface area contributed by atoms with E-state index in [-0.39, 0.29) is 12.6 Å². The lowest BCUT2D eigenvalue weighted by molar-refractivity contribution is -0.168. The van der Waals surface area contributed by atoms with Gasteiger partial charge in [0.2, 0.25) is 0 Å². The third-order valence-corrected chi connectivity index (χ3v) is 2.53. The maximum atomic E-state index is 9.99. The summed E-state index contributed by atoms with van der Waals surface area (Å²) < 4.78 is 0. The Hall–Kier alpha value is -1.68. The number of hydrogen-bond acceptors (Lipinski definition) is 3. The van der Waals surface area contributed by atoms with E-state index in [1.165, 1.54) is 0 Å². The van der Waals surface area contributed by atoms with E-state index in [1.54, 1.807) is 24.3 Å². The van der Waals surface area contributed by atoms with Crippen molar-refractivity contribution in [2.24, 2.45) is 0 Å². The first kappa shape index (κ1) is 13.4. The van der Waals surface area contributed by atoms with Gasteiger partial charge < -0.3 is 16.4 Å². The summed E-state index contributed by atoms with van der Waals surface area (Å²) in [7, 11) is 0. The summed E-state index contributed by atoms with van der Waals surface area (Å²) in [6.07, 6.45) is 0.192. The molecule has 0 atom stereocenters. The summed E-state index contributed by atoms with van der Waals surface area (Å²) in [5, 5.41) is 20.0. The maximum Gasteiger partial charge on any atom is 0.193 e. The number of hydrogen-bond donors (Lipinski definition) is 3. The average molecular weight is 231 g/mol. The maximum absolute atomic E-state index is 9.99. The molecule has 2 rings (SSSR count). The van der Waals surface area contributed by atoms with Gasteiger partial charge in [-0.25, -0.2) is 0 Å². The second-order valence-corrected chi connectivity index (χ2v) is 3.85. The van der Waals surface area contributed by atoms with E-state index in [2.05, 4.69) is 0 Å². The van der Waals surface area contributed by atoms with E-state index in [0.29, 0.717) is 5.56 Å². The van der Waals surface area contributed by atoms with Crippen molar-refractivity contribution in [1.82, 2.24) is 6.15 Å². The number of benzene rings is 2. The minimum atomic E-state index is -1.80. The Morgan fingerprint density at radius 3 is 1.76 bits per heavy atom. The monoisotopic (exact) mass is 231 g/mol. The molecule has 0 aliphatic carbocycles. The molecule has 3 heteroatoms. The van der Waals surface area contributed by atoms with Crippen LogP contribution < -0.4 is 6.15 Å². The highest BCUT2D eigenvalue weighted by atomic mass is 16.5. The second kappa shape index (κ2) is 5.59. The van der Waals surface area contributed by atoms with Crippen molar-refractivity contribution in [2.75, 3.05) is 0 Å². The van der Waals surface area contributed by atoms with Crippen LogP contribution in [0.2, 0.25) is 0 Å². The van der Waals surface area contributed by atoms with Crippen LogP contribution in [0.1, 0.15) is 11.1 Å². The molecular weight excluding hydrogens is 214 g/mol. The van der Waals surface area contributed by atoms with Crippen LogP contribution in [0, 0.1) is 0 Å². The Labute approximate surface area is 101 Å². The van der Waals surface area contributed by atoms with Crippen molar-refractivity contribution in [3.8, 4) is 0 Å². The summed E-state index contributed by atoms with van der Waals surface area (Å²) in [5.41, 5.74) is 1.41. The average Bonchev–Trinajstić information content (AvgIpc) is 2.31. The van der Waals surface area contributed by atoms with Gasteiger partial charge in [-0.3, -0.25) is 0 Å². The molecule has 3 nitrogen and oxygen atoms in total. The van der Waals surface area contributed by atoms with Crippen LogP contribution in [0.5, 0.6) is 0 Å². The first-order valence-electron chi connectivity index (χ1n) is 5.23. The molecule has 5 N–H and O–H groups in total. The van der Waals surface area contributed by atoms with Gasteiger partial charge in [-0.2, -0.15) is 0 Å². The largest absolute Gasteiger partial charge is 0.362 e. The quantitative estimate of drug-likeness (QED) is 0.709. The first-order valence-corrected chi connectivity index (χ1v) is 5.23. The Balaban J connectivity index is 0.00000144. The number of aliphatic hydroxyl groups is 2. The lowest BCUT2D eigenvalue weighted by Gasteiger charge is -2.22. The zero-order chi connectivity index (χ0) is 11.4. The van der Waals surface area contributed by atoms with Crippen LogP contribution in [-0.2, 0) is 12.2 Å². The van der Waals surface area contributed by atoms with Crippen LogP contribution in [-0.4, -0.2) is 10.2 Å². The van der Waals surface area contributed by atoms with Gasteiger partial charge in [-0.1, -0.05) is 60.7 Å². The zero-order valence-corrected chi connectivity index (χ0v) is 9.58. The lowest BCUT2D eigenvalue weighted by Crippen LogP contribution is -2.27. The first-order chi connectivity index (χ1) is 7.68. The minimum absolute atomic E-state index is 0. The van der Waals surface area contributed by atoms with Crippen molar-refractivity contribution in [3.63, 3.8) is 0 Å². The minimum Gasteiger partial charge on any atom is -0.362 e. The predicted molar refractivity (Wildman–Crippen MR) is 67.7 cm³/mol. The molecule has 2 aromatic carbocycles. The van der Waals surface area contributed by atoms with Crippen molar-refractivity contribution in [3.05, 3.63) is 71.8 Å². The fourth-order valence-corrected chi connectivity index (χ4v) is 1.69. The normalized spacial score (nSPS) is 10.7. The van der Waals surface area contributed by atoms with Crippen molar-refractivity contribution in [1.29, 1.82) is 0 Å². The van der Waals surface area contributed by atoms with Crippen LogP contribution in [0.25, 0.3) is 0 Å². The highest BCUT2D eigenvalue weighted by Crippen LogP contribution is 2.22. The molecule has 0 unspecified atom stereocenters. The van der Waals surface area contributed by atoms with Gasteiger partial charge in [-0.05, 0) is 5.56 Å². The summed E-state index contributed by atoms with van der Waals surface area (Å²) in [5.74, 6) is -1.80. The molecule has 0 amide bonds. The molecule has 0 saturated carbocycles. The number of rotatable bonds is 3. The molecule has 0 aromatic heterocycles. The Morgan fingerprint density at radius 1 is 0.765 bits per heavy atom. The van der Waals surface area contributed by atoms with E-state index in [0.717, 1.165) is 5.56 Å². The molecule has 0 bridgehead atoms. The van der Waals surface area contributed by atoms with Gasteiger partial charge in [0.25, 0.3) is 0 Å². The highest BCUT2D eigenvalue weighted by molar-refractivity contribution is 5.24. The fraction of sp³-hybridized carbons (Fsp3) is 0.143. The molecule has 0 aliphatic rings. The van der Waals surface area contributed by atoms with Gasteiger partial charge in [-0.15, -0.1) is 0 Å². The molecule has 0 spiro atoms. The Kier molecular flexibility index (Phi) is 4.40. The van der Waals surface area contributed by atoms with Crippen molar-refractivity contribution < 1.29 is 10.2 Å². The summed E-state index contributed by atoms with van der Waals surface area (Å²) in [4.78, 5) is 0. The Bertz CT molecular complexity index is 440. The second-order valence-electron chi connectivity index (χ2n) is 3.85. The standard InChI is InChI=1S/C14H14O2.H3N/c15-14(16,13-9-5-2-6-10-13)11-12-7-3-1-4-8-12;/h1-10,15-16H,11H2;1H3. The summed E-state index contributed by atoms with van der Waals surface area (Å²) >= 11 is 0. The van der Waals surface area contributed by atoms with Crippen molar-refractivity contribution >= 4 is 0 Å². The molecule has 90 valence electrons. The SMILES string of the molecule is N.OC(O)(Cc1ccccc1)c1ccccc1.